The van der Waals surface area contributed by atoms with Gasteiger partial charge in [0, 0.05) is 17.1 Å². The Bertz CT molecular complexity index is 578. The molecule has 3 nitrogen and oxygen atoms in total. The van der Waals surface area contributed by atoms with E-state index in [9.17, 15) is 9.90 Å². The quantitative estimate of drug-likeness (QED) is 0.641. The van der Waals surface area contributed by atoms with E-state index < -0.39 is 0 Å². The fourth-order valence-electron chi connectivity index (χ4n) is 1.48. The highest BCUT2D eigenvalue weighted by Gasteiger charge is 2.08. The van der Waals surface area contributed by atoms with Gasteiger partial charge in [-0.2, -0.15) is 0 Å². The molecule has 2 rings (SSSR count). The number of pyridine rings is 1. The number of aromatic nitrogens is 1. The van der Waals surface area contributed by atoms with Crippen molar-refractivity contribution in [2.75, 3.05) is 0 Å². The summed E-state index contributed by atoms with van der Waals surface area (Å²) in [5.41, 5.74) is 0.906. The molecule has 16 heavy (non-hydrogen) atoms. The Morgan fingerprint density at radius 3 is 3.00 bits per heavy atom. The second-order valence-corrected chi connectivity index (χ2v) is 3.60. The van der Waals surface area contributed by atoms with Crippen LogP contribution in [-0.2, 0) is 4.79 Å². The number of hydrogen-bond acceptors (Lipinski definition) is 3. The smallest absolute Gasteiger partial charge is 0.149 e. The summed E-state index contributed by atoms with van der Waals surface area (Å²) in [4.78, 5) is 14.3. The van der Waals surface area contributed by atoms with Crippen molar-refractivity contribution >= 4 is 34.9 Å². The molecule has 0 amide bonds. The molecule has 1 heterocycles. The largest absolute Gasteiger partial charge is 0.505 e. The molecule has 0 unspecified atom stereocenters. The Labute approximate surface area is 97.0 Å². The third-order valence-electron chi connectivity index (χ3n) is 2.20. The summed E-state index contributed by atoms with van der Waals surface area (Å²) in [6.45, 7) is 0. The summed E-state index contributed by atoms with van der Waals surface area (Å²) in [5.74, 6) is 0.0260. The first kappa shape index (κ1) is 10.6. The van der Waals surface area contributed by atoms with Gasteiger partial charge in [-0.3, -0.25) is 9.78 Å². The molecular weight excluding hydrogens is 226 g/mol. The molecule has 0 radical (unpaired) electrons. The van der Waals surface area contributed by atoms with Gasteiger partial charge in [-0.15, -0.1) is 0 Å². The first-order chi connectivity index (χ1) is 7.74. The molecule has 0 aliphatic heterocycles. The maximum absolute atomic E-state index is 10.2. The minimum atomic E-state index is 0.0260. The van der Waals surface area contributed by atoms with E-state index in [0.29, 0.717) is 27.8 Å². The summed E-state index contributed by atoms with van der Waals surface area (Å²) in [6.07, 6.45) is 4.99. The molecule has 2 aromatic rings. The third-order valence-corrected chi connectivity index (χ3v) is 2.51. The Morgan fingerprint density at radius 2 is 2.25 bits per heavy atom. The van der Waals surface area contributed by atoms with E-state index in [1.54, 1.807) is 24.4 Å². The maximum Gasteiger partial charge on any atom is 0.149 e. The van der Waals surface area contributed by atoms with Crippen LogP contribution in [0.4, 0.5) is 0 Å². The Hall–Kier alpha value is -1.87. The number of carbonyl (C=O) groups is 1. The fourth-order valence-corrected chi connectivity index (χ4v) is 1.75. The number of aldehydes is 1. The van der Waals surface area contributed by atoms with Gasteiger partial charge in [0.15, 0.2) is 0 Å². The molecule has 0 bridgehead atoms. The Morgan fingerprint density at radius 1 is 1.44 bits per heavy atom. The lowest BCUT2D eigenvalue weighted by Crippen LogP contribution is -1.84. The zero-order chi connectivity index (χ0) is 11.5. The van der Waals surface area contributed by atoms with E-state index in [4.69, 9.17) is 11.6 Å². The second-order valence-electron chi connectivity index (χ2n) is 3.19. The predicted molar refractivity (Wildman–Crippen MR) is 63.5 cm³/mol. The van der Waals surface area contributed by atoms with Crippen LogP contribution in [0.15, 0.2) is 30.5 Å². The van der Waals surface area contributed by atoms with Gasteiger partial charge >= 0.3 is 0 Å². The Balaban J connectivity index is 2.74. The number of phenolic OH excluding ortho intramolecular Hbond substituents is 1. The number of carbonyl (C=O) groups excluding carboxylic acids is 1. The first-order valence-corrected chi connectivity index (χ1v) is 5.00. The molecule has 1 aromatic heterocycles. The van der Waals surface area contributed by atoms with E-state index in [1.165, 1.54) is 12.2 Å². The third kappa shape index (κ3) is 1.77. The van der Waals surface area contributed by atoms with Crippen molar-refractivity contribution in [1.29, 1.82) is 0 Å². The fraction of sp³-hybridized carbons (Fsp3) is 0. The number of benzene rings is 1. The van der Waals surface area contributed by atoms with Crippen LogP contribution in [0.1, 0.15) is 5.56 Å². The number of rotatable bonds is 2. The van der Waals surface area contributed by atoms with Gasteiger partial charge in [-0.1, -0.05) is 11.6 Å². The zero-order valence-electron chi connectivity index (χ0n) is 8.22. The van der Waals surface area contributed by atoms with Gasteiger partial charge in [0.25, 0.3) is 0 Å². The lowest BCUT2D eigenvalue weighted by Gasteiger charge is -2.05. The molecule has 1 aromatic carbocycles. The molecule has 80 valence electrons. The SMILES string of the molecule is O=CC=Cc1cc(Cl)c2cccnc2c1O. The van der Waals surface area contributed by atoms with Crippen molar-refractivity contribution in [3.8, 4) is 5.75 Å². The minimum Gasteiger partial charge on any atom is -0.505 e. The molecule has 0 saturated carbocycles. The van der Waals surface area contributed by atoms with E-state index in [0.717, 1.165) is 0 Å². The highest BCUT2D eigenvalue weighted by Crippen LogP contribution is 2.33. The average molecular weight is 234 g/mol. The summed E-state index contributed by atoms with van der Waals surface area (Å²) in [7, 11) is 0. The standard InChI is InChI=1S/C12H8ClNO2/c13-10-7-8(3-2-6-15)12(16)11-9(10)4-1-5-14-11/h1-7,16H. The number of phenols is 1. The molecule has 0 spiro atoms. The second kappa shape index (κ2) is 4.33. The molecule has 1 N–H and O–H groups in total. The Kier molecular flexibility index (Phi) is 2.88. The van der Waals surface area contributed by atoms with Crippen LogP contribution in [0.5, 0.6) is 5.75 Å². The normalized spacial score (nSPS) is 11.1. The topological polar surface area (TPSA) is 50.2 Å². The minimum absolute atomic E-state index is 0.0260. The van der Waals surface area contributed by atoms with E-state index in [1.807, 2.05) is 0 Å². The van der Waals surface area contributed by atoms with Crippen molar-refractivity contribution in [1.82, 2.24) is 4.98 Å². The van der Waals surface area contributed by atoms with Crippen molar-refractivity contribution in [2.24, 2.45) is 0 Å². The first-order valence-electron chi connectivity index (χ1n) is 4.62. The molecular formula is C12H8ClNO2. The molecule has 0 aliphatic rings. The van der Waals surface area contributed by atoms with E-state index in [2.05, 4.69) is 4.98 Å². The van der Waals surface area contributed by atoms with Crippen LogP contribution >= 0.6 is 11.6 Å². The molecule has 0 saturated heterocycles. The number of aromatic hydroxyl groups is 1. The highest BCUT2D eigenvalue weighted by molar-refractivity contribution is 6.35. The molecule has 0 atom stereocenters. The summed E-state index contributed by atoms with van der Waals surface area (Å²) >= 11 is 6.04. The lowest BCUT2D eigenvalue weighted by atomic mass is 10.1. The van der Waals surface area contributed by atoms with Gasteiger partial charge < -0.3 is 5.11 Å². The van der Waals surface area contributed by atoms with E-state index >= 15 is 0 Å². The van der Waals surface area contributed by atoms with Crippen molar-refractivity contribution in [3.63, 3.8) is 0 Å². The van der Waals surface area contributed by atoms with Crippen LogP contribution in [0.25, 0.3) is 17.0 Å². The van der Waals surface area contributed by atoms with Crippen LogP contribution in [0.3, 0.4) is 0 Å². The van der Waals surface area contributed by atoms with Crippen molar-refractivity contribution in [3.05, 3.63) is 41.1 Å². The summed E-state index contributed by atoms with van der Waals surface area (Å²) < 4.78 is 0. The van der Waals surface area contributed by atoms with Gasteiger partial charge in [-0.25, -0.2) is 0 Å². The van der Waals surface area contributed by atoms with Gasteiger partial charge in [0.05, 0.1) is 5.02 Å². The van der Waals surface area contributed by atoms with E-state index in [-0.39, 0.29) is 5.75 Å². The van der Waals surface area contributed by atoms with Crippen LogP contribution in [0.2, 0.25) is 5.02 Å². The van der Waals surface area contributed by atoms with Gasteiger partial charge in [-0.05, 0) is 30.4 Å². The highest BCUT2D eigenvalue weighted by atomic mass is 35.5. The molecule has 4 heteroatoms. The number of hydrogen-bond donors (Lipinski definition) is 1. The molecule has 0 fully saturated rings. The van der Waals surface area contributed by atoms with Gasteiger partial charge in [0.2, 0.25) is 0 Å². The average Bonchev–Trinajstić information content (AvgIpc) is 2.32. The van der Waals surface area contributed by atoms with Crippen LogP contribution < -0.4 is 0 Å². The number of nitrogens with zero attached hydrogens (tertiary/aromatic N) is 1. The maximum atomic E-state index is 10.2. The van der Waals surface area contributed by atoms with Crippen molar-refractivity contribution in [2.45, 2.75) is 0 Å². The van der Waals surface area contributed by atoms with Crippen LogP contribution in [0, 0.1) is 0 Å². The van der Waals surface area contributed by atoms with Gasteiger partial charge in [0.1, 0.15) is 17.6 Å². The number of allylic oxidation sites excluding steroid dienone is 1. The predicted octanol–water partition coefficient (Wildman–Crippen LogP) is 2.81. The summed E-state index contributed by atoms with van der Waals surface area (Å²) in [5, 5.41) is 11.1. The molecule has 0 aliphatic carbocycles. The number of fused-ring (bicyclic) bond motifs is 1. The zero-order valence-corrected chi connectivity index (χ0v) is 8.98. The monoisotopic (exact) mass is 233 g/mol. The number of halogens is 1. The van der Waals surface area contributed by atoms with Crippen molar-refractivity contribution < 1.29 is 9.90 Å². The lowest BCUT2D eigenvalue weighted by molar-refractivity contribution is -0.104. The van der Waals surface area contributed by atoms with Crippen LogP contribution in [-0.4, -0.2) is 16.4 Å². The summed E-state index contributed by atoms with van der Waals surface area (Å²) in [6, 6.07) is 5.12.